The Morgan fingerprint density at radius 1 is 1.16 bits per heavy atom. The smallest absolute Gasteiger partial charge is 0.314 e. The number of hydrogen-bond acceptors (Lipinski definition) is 3. The number of H-pyrrole nitrogens is 1. The van der Waals surface area contributed by atoms with Gasteiger partial charge in [0.2, 0.25) is 0 Å². The molecule has 0 atom stereocenters. The lowest BCUT2D eigenvalue weighted by atomic mass is 9.91. The molecule has 0 aliphatic heterocycles. The maximum atomic E-state index is 11.6. The van der Waals surface area contributed by atoms with E-state index >= 15 is 0 Å². The second kappa shape index (κ2) is 6.32. The third-order valence-electron chi connectivity index (χ3n) is 4.62. The highest BCUT2D eigenvalue weighted by Gasteiger charge is 2.32. The third kappa shape index (κ3) is 3.10. The predicted molar refractivity (Wildman–Crippen MR) is 103 cm³/mol. The van der Waals surface area contributed by atoms with Crippen LogP contribution in [0.5, 0.6) is 0 Å². The molecule has 25 heavy (non-hydrogen) atoms. The molecule has 132 valence electrons. The van der Waals surface area contributed by atoms with Gasteiger partial charge < -0.3 is 15.2 Å². The summed E-state index contributed by atoms with van der Waals surface area (Å²) < 4.78 is 0. The normalized spacial score (nSPS) is 12.0. The lowest BCUT2D eigenvalue weighted by Gasteiger charge is -2.16. The number of hydrogen-bond donors (Lipinski definition) is 3. The van der Waals surface area contributed by atoms with Crippen molar-refractivity contribution in [1.82, 2.24) is 4.98 Å². The van der Waals surface area contributed by atoms with Gasteiger partial charge in [0, 0.05) is 16.9 Å². The van der Waals surface area contributed by atoms with Crippen LogP contribution in [0.15, 0.2) is 24.3 Å². The van der Waals surface area contributed by atoms with E-state index in [0.717, 1.165) is 31.9 Å². The molecule has 0 radical (unpaired) electrons. The number of aromatic amines is 1. The van der Waals surface area contributed by atoms with Gasteiger partial charge in [-0.25, -0.2) is 0 Å². The summed E-state index contributed by atoms with van der Waals surface area (Å²) in [5.74, 6) is -0.838. The van der Waals surface area contributed by atoms with Crippen LogP contribution in [0.1, 0.15) is 35.4 Å². The van der Waals surface area contributed by atoms with Crippen LogP contribution in [0.3, 0.4) is 0 Å². The van der Waals surface area contributed by atoms with E-state index in [2.05, 4.69) is 37.0 Å². The molecule has 2 heterocycles. The molecule has 0 aliphatic carbocycles. The summed E-state index contributed by atoms with van der Waals surface area (Å²) in [6, 6.07) is 8.35. The third-order valence-corrected chi connectivity index (χ3v) is 5.99. The van der Waals surface area contributed by atoms with Gasteiger partial charge in [-0.2, -0.15) is 0 Å². The molecule has 0 amide bonds. The van der Waals surface area contributed by atoms with E-state index in [9.17, 15) is 15.0 Å². The van der Waals surface area contributed by atoms with E-state index in [1.165, 1.54) is 22.5 Å². The summed E-state index contributed by atoms with van der Waals surface area (Å²) in [4.78, 5) is 16.8. The second-order valence-corrected chi connectivity index (χ2v) is 8.16. The van der Waals surface area contributed by atoms with Crippen molar-refractivity contribution in [3.05, 3.63) is 45.8 Å². The quantitative estimate of drug-likeness (QED) is 0.633. The minimum Gasteiger partial charge on any atom is -0.481 e. The van der Waals surface area contributed by atoms with E-state index in [0.29, 0.717) is 6.42 Å². The Labute approximate surface area is 151 Å². The second-order valence-electron chi connectivity index (χ2n) is 7.11. The molecule has 2 aromatic heterocycles. The first-order valence-corrected chi connectivity index (χ1v) is 9.13. The topological polar surface area (TPSA) is 73.3 Å². The van der Waals surface area contributed by atoms with Crippen molar-refractivity contribution in [3.8, 4) is 11.3 Å². The van der Waals surface area contributed by atoms with Gasteiger partial charge in [-0.15, -0.1) is 11.3 Å². The highest BCUT2D eigenvalue weighted by Crippen LogP contribution is 2.40. The van der Waals surface area contributed by atoms with Crippen LogP contribution in [0, 0.1) is 13.8 Å². The number of aliphatic hydroxyl groups is 1. The van der Waals surface area contributed by atoms with Crippen molar-refractivity contribution in [3.63, 3.8) is 0 Å². The van der Waals surface area contributed by atoms with E-state index in [-0.39, 0.29) is 6.61 Å². The molecule has 1 aromatic carbocycles. The zero-order valence-corrected chi connectivity index (χ0v) is 15.8. The fourth-order valence-corrected chi connectivity index (χ4v) is 4.37. The zero-order chi connectivity index (χ0) is 18.4. The Morgan fingerprint density at radius 3 is 2.36 bits per heavy atom. The molecule has 0 fully saturated rings. The van der Waals surface area contributed by atoms with E-state index < -0.39 is 11.4 Å². The summed E-state index contributed by atoms with van der Waals surface area (Å²) in [5.41, 5.74) is 4.61. The predicted octanol–water partition coefficient (Wildman–Crippen LogP) is 4.41. The van der Waals surface area contributed by atoms with Crippen molar-refractivity contribution < 1.29 is 15.0 Å². The van der Waals surface area contributed by atoms with Gasteiger partial charge in [0.1, 0.15) is 4.83 Å². The summed E-state index contributed by atoms with van der Waals surface area (Å²) in [5, 5.41) is 20.0. The molecule has 0 saturated carbocycles. The van der Waals surface area contributed by atoms with E-state index in [4.69, 9.17) is 0 Å². The number of benzene rings is 1. The molecule has 3 rings (SSSR count). The zero-order valence-electron chi connectivity index (χ0n) is 14.9. The average molecular weight is 357 g/mol. The van der Waals surface area contributed by atoms with E-state index in [1.54, 1.807) is 13.8 Å². The maximum Gasteiger partial charge on any atom is 0.314 e. The lowest BCUT2D eigenvalue weighted by molar-refractivity contribution is -0.142. The summed E-state index contributed by atoms with van der Waals surface area (Å²) in [7, 11) is 0. The molecule has 0 aliphatic rings. The van der Waals surface area contributed by atoms with Gasteiger partial charge in [0.25, 0.3) is 0 Å². The van der Waals surface area contributed by atoms with Gasteiger partial charge in [0.15, 0.2) is 0 Å². The number of aliphatic carboxylic acids is 1. The summed E-state index contributed by atoms with van der Waals surface area (Å²) >= 11 is 1.48. The number of carboxylic acids is 1. The first-order chi connectivity index (χ1) is 11.7. The molecule has 3 aromatic rings. The number of aryl methyl sites for hydroxylation is 2. The maximum absolute atomic E-state index is 11.6. The Balaban J connectivity index is 2.19. The molecule has 0 unspecified atom stereocenters. The van der Waals surface area contributed by atoms with Gasteiger partial charge in [-0.3, -0.25) is 4.79 Å². The Hall–Kier alpha value is -2.11. The largest absolute Gasteiger partial charge is 0.481 e. The lowest BCUT2D eigenvalue weighted by Crippen LogP contribution is -2.27. The fourth-order valence-electron chi connectivity index (χ4n) is 3.18. The Kier molecular flexibility index (Phi) is 4.47. The van der Waals surface area contributed by atoms with E-state index in [1.807, 2.05) is 6.07 Å². The fraction of sp³-hybridized carbons (Fsp3) is 0.350. The Morgan fingerprint density at radius 2 is 1.80 bits per heavy atom. The number of rotatable bonds is 5. The molecular weight excluding hydrogens is 334 g/mol. The molecule has 0 spiro atoms. The van der Waals surface area contributed by atoms with Crippen LogP contribution in [0.4, 0.5) is 0 Å². The molecule has 0 bridgehead atoms. The average Bonchev–Trinajstić information content (AvgIpc) is 3.06. The van der Waals surface area contributed by atoms with Crippen LogP contribution in [-0.2, 0) is 16.6 Å². The number of nitrogens with one attached hydrogen (secondary N) is 1. The number of aromatic nitrogens is 1. The molecular formula is C20H23NO3S. The van der Waals surface area contributed by atoms with Crippen LogP contribution >= 0.6 is 11.3 Å². The van der Waals surface area contributed by atoms with Crippen molar-refractivity contribution in [2.45, 2.75) is 39.5 Å². The minimum absolute atomic E-state index is 0.0538. The van der Waals surface area contributed by atoms with Crippen LogP contribution in [-0.4, -0.2) is 27.8 Å². The van der Waals surface area contributed by atoms with Crippen molar-refractivity contribution in [2.75, 3.05) is 6.61 Å². The van der Waals surface area contributed by atoms with Gasteiger partial charge >= 0.3 is 5.97 Å². The molecule has 5 heteroatoms. The van der Waals surface area contributed by atoms with Crippen LogP contribution in [0.25, 0.3) is 21.5 Å². The monoisotopic (exact) mass is 357 g/mol. The highest BCUT2D eigenvalue weighted by molar-refractivity contribution is 7.19. The number of carbonyl (C=O) groups is 1. The first-order valence-electron chi connectivity index (χ1n) is 8.32. The van der Waals surface area contributed by atoms with Crippen LogP contribution < -0.4 is 0 Å². The SMILES string of the molecule is Cc1cc(C)cc(-c2[nH]c3sc(C(C)(C)C(=O)O)cc3c2CCO)c1. The number of thiophene rings is 1. The number of fused-ring (bicyclic) bond motifs is 1. The Bertz CT molecular complexity index is 929. The number of carboxylic acid groups (broad SMARTS) is 1. The molecule has 3 N–H and O–H groups in total. The van der Waals surface area contributed by atoms with Crippen molar-refractivity contribution in [2.24, 2.45) is 0 Å². The summed E-state index contributed by atoms with van der Waals surface area (Å²) in [6.45, 7) is 7.63. The van der Waals surface area contributed by atoms with Crippen molar-refractivity contribution in [1.29, 1.82) is 0 Å². The van der Waals surface area contributed by atoms with Crippen molar-refractivity contribution >= 4 is 27.5 Å². The van der Waals surface area contributed by atoms with Gasteiger partial charge in [-0.05, 0) is 63.4 Å². The summed E-state index contributed by atoms with van der Waals surface area (Å²) in [6.07, 6.45) is 0.534. The standard InChI is InChI=1S/C20H23NO3S/c1-11-7-12(2)9-13(8-11)17-14(5-6-22)15-10-16(25-18(15)21-17)20(3,4)19(23)24/h7-10,21-22H,5-6H2,1-4H3,(H,23,24). The van der Waals surface area contributed by atoms with Gasteiger partial charge in [0.05, 0.1) is 11.1 Å². The number of aliphatic hydroxyl groups excluding tert-OH is 1. The highest BCUT2D eigenvalue weighted by atomic mass is 32.1. The van der Waals surface area contributed by atoms with Gasteiger partial charge in [-0.1, -0.05) is 17.2 Å². The minimum atomic E-state index is -0.929. The van der Waals surface area contributed by atoms with Crippen LogP contribution in [0.2, 0.25) is 0 Å². The molecule has 0 saturated heterocycles. The molecule has 4 nitrogen and oxygen atoms in total. The first kappa shape index (κ1) is 17.7.